The second kappa shape index (κ2) is 4.22. The molecule has 0 unspecified atom stereocenters. The number of piperidine rings is 1. The first-order valence-corrected chi connectivity index (χ1v) is 7.52. The molecule has 0 amide bonds. The van der Waals surface area contributed by atoms with Crippen molar-refractivity contribution in [3.63, 3.8) is 0 Å². The minimum Gasteiger partial charge on any atom is -0.340 e. The summed E-state index contributed by atoms with van der Waals surface area (Å²) in [7, 11) is 0. The summed E-state index contributed by atoms with van der Waals surface area (Å²) in [5.74, 6) is 1.44. The molecule has 1 saturated carbocycles. The van der Waals surface area contributed by atoms with Crippen LogP contribution in [-0.2, 0) is 11.8 Å². The lowest BCUT2D eigenvalue weighted by Gasteiger charge is -2.56. The van der Waals surface area contributed by atoms with Gasteiger partial charge in [0.25, 0.3) is 0 Å². The minimum atomic E-state index is 0.344. The number of hydrogen-bond acceptors (Lipinski definition) is 3. The van der Waals surface area contributed by atoms with Crippen molar-refractivity contribution in [1.82, 2.24) is 5.32 Å². The van der Waals surface area contributed by atoms with E-state index in [1.54, 1.807) is 0 Å². The number of nitrogens with one attached hydrogen (secondary N) is 1. The molecule has 1 aliphatic heterocycles. The summed E-state index contributed by atoms with van der Waals surface area (Å²) in [4.78, 5) is 4.63. The molecule has 19 heavy (non-hydrogen) atoms. The van der Waals surface area contributed by atoms with Crippen molar-refractivity contribution in [2.24, 2.45) is 5.92 Å². The van der Waals surface area contributed by atoms with Gasteiger partial charge in [0, 0.05) is 17.0 Å². The third-order valence-electron chi connectivity index (χ3n) is 5.75. The van der Waals surface area contributed by atoms with Crippen molar-refractivity contribution in [2.75, 3.05) is 6.54 Å². The molecule has 1 aromatic rings. The zero-order valence-electron chi connectivity index (χ0n) is 11.2. The van der Waals surface area contributed by atoms with Crippen molar-refractivity contribution < 1.29 is 10.1 Å². The molecule has 102 valence electrons. The van der Waals surface area contributed by atoms with Gasteiger partial charge in [0.1, 0.15) is 0 Å². The Hall–Kier alpha value is -1.06. The van der Waals surface area contributed by atoms with E-state index in [-0.39, 0.29) is 0 Å². The van der Waals surface area contributed by atoms with Gasteiger partial charge in [-0.05, 0) is 49.8 Å². The summed E-state index contributed by atoms with van der Waals surface area (Å²) in [6.45, 7) is 1.13. The normalized spacial score (nSPS) is 36.3. The highest BCUT2D eigenvalue weighted by atomic mass is 17.1. The van der Waals surface area contributed by atoms with Crippen LogP contribution < -0.4 is 10.2 Å². The molecule has 4 rings (SSSR count). The predicted molar refractivity (Wildman–Crippen MR) is 73.4 cm³/mol. The van der Waals surface area contributed by atoms with Crippen molar-refractivity contribution in [1.29, 1.82) is 0 Å². The Kier molecular flexibility index (Phi) is 2.61. The number of hydrogen-bond donors (Lipinski definition) is 2. The van der Waals surface area contributed by atoms with Gasteiger partial charge in [0.05, 0.1) is 0 Å². The third-order valence-corrected chi connectivity index (χ3v) is 5.75. The van der Waals surface area contributed by atoms with Crippen LogP contribution in [0.2, 0.25) is 0 Å². The molecule has 2 N–H and O–H groups in total. The van der Waals surface area contributed by atoms with E-state index in [0.29, 0.717) is 17.2 Å². The molecule has 0 radical (unpaired) electrons. The first kappa shape index (κ1) is 11.7. The van der Waals surface area contributed by atoms with Crippen LogP contribution in [0.15, 0.2) is 18.2 Å². The van der Waals surface area contributed by atoms with E-state index >= 15 is 0 Å². The first-order valence-electron chi connectivity index (χ1n) is 7.52. The van der Waals surface area contributed by atoms with E-state index in [4.69, 9.17) is 5.26 Å². The van der Waals surface area contributed by atoms with Gasteiger partial charge in [-0.3, -0.25) is 0 Å². The second-order valence-corrected chi connectivity index (χ2v) is 6.40. The average molecular weight is 259 g/mol. The average Bonchev–Trinajstić information content (AvgIpc) is 2.46. The second-order valence-electron chi connectivity index (χ2n) is 6.40. The van der Waals surface area contributed by atoms with Crippen LogP contribution >= 0.6 is 0 Å². The SMILES string of the molecule is OOc1cccc2c1C[C@H]1NCC[C@@]23CCCC[C@@H]13. The molecular weight excluding hydrogens is 238 g/mol. The molecule has 1 saturated heterocycles. The molecule has 1 aromatic carbocycles. The molecule has 3 heteroatoms. The third kappa shape index (κ3) is 1.52. The van der Waals surface area contributed by atoms with E-state index in [1.165, 1.54) is 43.2 Å². The fraction of sp³-hybridized carbons (Fsp3) is 0.625. The molecule has 3 atom stereocenters. The predicted octanol–water partition coefficient (Wildman–Crippen LogP) is 2.88. The summed E-state index contributed by atoms with van der Waals surface area (Å²) in [5.41, 5.74) is 3.04. The Morgan fingerprint density at radius 1 is 1.26 bits per heavy atom. The molecule has 0 aromatic heterocycles. The van der Waals surface area contributed by atoms with Crippen molar-refractivity contribution in [3.8, 4) is 5.75 Å². The first-order chi connectivity index (χ1) is 9.35. The summed E-state index contributed by atoms with van der Waals surface area (Å²) < 4.78 is 0. The topological polar surface area (TPSA) is 41.5 Å². The van der Waals surface area contributed by atoms with Crippen LogP contribution in [0.25, 0.3) is 0 Å². The van der Waals surface area contributed by atoms with E-state index in [2.05, 4.69) is 16.3 Å². The van der Waals surface area contributed by atoms with Gasteiger partial charge >= 0.3 is 0 Å². The maximum atomic E-state index is 9.13. The molecule has 1 heterocycles. The van der Waals surface area contributed by atoms with Gasteiger partial charge in [-0.1, -0.05) is 25.0 Å². The number of fused-ring (bicyclic) bond motifs is 1. The van der Waals surface area contributed by atoms with Gasteiger partial charge in [0.15, 0.2) is 5.75 Å². The zero-order chi connectivity index (χ0) is 12.9. The van der Waals surface area contributed by atoms with Gasteiger partial charge in [-0.25, -0.2) is 5.26 Å². The molecule has 2 aliphatic carbocycles. The highest BCUT2D eigenvalue weighted by Crippen LogP contribution is 2.54. The molecule has 2 fully saturated rings. The summed E-state index contributed by atoms with van der Waals surface area (Å²) in [5, 5.41) is 12.8. The fourth-order valence-electron chi connectivity index (χ4n) is 5.02. The van der Waals surface area contributed by atoms with Crippen LogP contribution in [0.4, 0.5) is 0 Å². The highest BCUT2D eigenvalue weighted by Gasteiger charge is 2.51. The van der Waals surface area contributed by atoms with Crippen LogP contribution in [0.1, 0.15) is 43.2 Å². The standard InChI is InChI=1S/C16H21NO2/c18-19-15-6-3-5-12-11(15)10-14-13-4-1-2-7-16(12,13)8-9-17-14/h3,5-6,13-14,17-18H,1-2,4,7-10H2/t13-,14+,16-/m0/s1. The highest BCUT2D eigenvalue weighted by molar-refractivity contribution is 5.48. The Bertz CT molecular complexity index is 498. The maximum Gasteiger partial charge on any atom is 0.168 e. The van der Waals surface area contributed by atoms with Gasteiger partial charge in [-0.15, -0.1) is 0 Å². The van der Waals surface area contributed by atoms with E-state index in [9.17, 15) is 0 Å². The Balaban J connectivity index is 1.91. The van der Waals surface area contributed by atoms with Crippen LogP contribution in [0.3, 0.4) is 0 Å². The lowest BCUT2D eigenvalue weighted by Crippen LogP contribution is -2.59. The van der Waals surface area contributed by atoms with E-state index in [1.807, 2.05) is 12.1 Å². The number of rotatable bonds is 1. The van der Waals surface area contributed by atoms with Gasteiger partial charge < -0.3 is 10.2 Å². The van der Waals surface area contributed by atoms with Crippen LogP contribution in [-0.4, -0.2) is 17.8 Å². The van der Waals surface area contributed by atoms with Crippen LogP contribution in [0.5, 0.6) is 5.75 Å². The Labute approximate surface area is 113 Å². The largest absolute Gasteiger partial charge is 0.340 e. The van der Waals surface area contributed by atoms with Crippen molar-refractivity contribution in [2.45, 2.75) is 50.0 Å². The molecule has 3 aliphatic rings. The van der Waals surface area contributed by atoms with Gasteiger partial charge in [-0.2, -0.15) is 0 Å². The quantitative estimate of drug-likeness (QED) is 0.602. The molecular formula is C16H21NO2. The maximum absolute atomic E-state index is 9.13. The summed E-state index contributed by atoms with van der Waals surface area (Å²) >= 11 is 0. The van der Waals surface area contributed by atoms with Crippen LogP contribution in [0, 0.1) is 5.92 Å². The summed E-state index contributed by atoms with van der Waals surface area (Å²) in [6, 6.07) is 6.76. The fourth-order valence-corrected chi connectivity index (χ4v) is 5.02. The Morgan fingerprint density at radius 3 is 3.11 bits per heavy atom. The van der Waals surface area contributed by atoms with Crippen molar-refractivity contribution >= 4 is 0 Å². The lowest BCUT2D eigenvalue weighted by molar-refractivity contribution is -0.138. The molecule has 0 spiro atoms. The van der Waals surface area contributed by atoms with Gasteiger partial charge in [0.2, 0.25) is 0 Å². The monoisotopic (exact) mass is 259 g/mol. The summed E-state index contributed by atoms with van der Waals surface area (Å²) in [6.07, 6.45) is 7.59. The minimum absolute atomic E-state index is 0.344. The van der Waals surface area contributed by atoms with Crippen molar-refractivity contribution in [3.05, 3.63) is 29.3 Å². The smallest absolute Gasteiger partial charge is 0.168 e. The Morgan fingerprint density at radius 2 is 2.21 bits per heavy atom. The molecule has 2 bridgehead atoms. The number of benzene rings is 1. The van der Waals surface area contributed by atoms with E-state index < -0.39 is 0 Å². The zero-order valence-corrected chi connectivity index (χ0v) is 11.2. The molecule has 3 nitrogen and oxygen atoms in total. The van der Waals surface area contributed by atoms with E-state index in [0.717, 1.165) is 18.9 Å². The lowest BCUT2D eigenvalue weighted by atomic mass is 9.53.